The maximum Gasteiger partial charge on any atom is 0.326 e. The average molecular weight is 284 g/mol. The molecule has 0 aromatic rings. The summed E-state index contributed by atoms with van der Waals surface area (Å²) in [5.74, 6) is -1.13. The number of nitrogens with zero attached hydrogens (tertiary/aromatic N) is 1. The quantitative estimate of drug-likeness (QED) is 0.677. The molecule has 1 atom stereocenters. The van der Waals surface area contributed by atoms with Gasteiger partial charge in [0.05, 0.1) is 0 Å². The van der Waals surface area contributed by atoms with Gasteiger partial charge in [0.1, 0.15) is 6.04 Å². The standard InChI is InChI=1S/C14H24N2O4/c1-14(2,3)10-4-7-16(8-5-10)13(20)15-11(6-9-17)12(18)19/h4,11,17H,5-9H2,1-3H3,(H,15,20)(H,18,19). The number of hydrogen-bond donors (Lipinski definition) is 3. The lowest BCUT2D eigenvalue weighted by Crippen LogP contribution is -2.49. The molecule has 3 N–H and O–H groups in total. The predicted molar refractivity (Wildman–Crippen MR) is 75.4 cm³/mol. The average Bonchev–Trinajstić information content (AvgIpc) is 2.37. The molecule has 1 aliphatic rings. The summed E-state index contributed by atoms with van der Waals surface area (Å²) < 4.78 is 0. The first-order valence-electron chi connectivity index (χ1n) is 6.84. The number of nitrogens with one attached hydrogen (secondary N) is 1. The van der Waals surface area contributed by atoms with Crippen LogP contribution in [0.15, 0.2) is 11.6 Å². The first-order chi connectivity index (χ1) is 9.25. The maximum atomic E-state index is 12.0. The molecule has 6 heteroatoms. The van der Waals surface area contributed by atoms with E-state index in [2.05, 4.69) is 26.1 Å². The molecule has 1 aliphatic heterocycles. The van der Waals surface area contributed by atoms with Crippen LogP contribution in [0, 0.1) is 5.41 Å². The molecule has 1 heterocycles. The molecule has 0 radical (unpaired) electrons. The number of rotatable bonds is 4. The molecule has 0 bridgehead atoms. The van der Waals surface area contributed by atoms with Crippen LogP contribution >= 0.6 is 0 Å². The van der Waals surface area contributed by atoms with E-state index < -0.39 is 18.0 Å². The van der Waals surface area contributed by atoms with Crippen molar-refractivity contribution in [3.8, 4) is 0 Å². The van der Waals surface area contributed by atoms with E-state index in [1.165, 1.54) is 5.57 Å². The van der Waals surface area contributed by atoms with Crippen LogP contribution in [-0.4, -0.2) is 52.9 Å². The Bertz CT molecular complexity index is 398. The lowest BCUT2D eigenvalue weighted by atomic mass is 9.83. The largest absolute Gasteiger partial charge is 0.480 e. The van der Waals surface area contributed by atoms with Gasteiger partial charge in [0.2, 0.25) is 0 Å². The fourth-order valence-electron chi connectivity index (χ4n) is 2.16. The van der Waals surface area contributed by atoms with Crippen molar-refractivity contribution in [1.29, 1.82) is 0 Å². The molecule has 0 saturated heterocycles. The lowest BCUT2D eigenvalue weighted by Gasteiger charge is -2.32. The van der Waals surface area contributed by atoms with E-state index in [4.69, 9.17) is 10.2 Å². The minimum absolute atomic E-state index is 0.0119. The molecule has 114 valence electrons. The minimum Gasteiger partial charge on any atom is -0.480 e. The molecule has 20 heavy (non-hydrogen) atoms. The maximum absolute atomic E-state index is 12.0. The number of carboxylic acids is 1. The van der Waals surface area contributed by atoms with Gasteiger partial charge in [-0.3, -0.25) is 0 Å². The number of hydrogen-bond acceptors (Lipinski definition) is 3. The molecule has 0 aliphatic carbocycles. The molecule has 0 aromatic heterocycles. The van der Waals surface area contributed by atoms with Crippen LogP contribution in [0.25, 0.3) is 0 Å². The zero-order chi connectivity index (χ0) is 15.3. The summed E-state index contributed by atoms with van der Waals surface area (Å²) in [7, 11) is 0. The van der Waals surface area contributed by atoms with Crippen molar-refractivity contribution in [3.63, 3.8) is 0 Å². The fourth-order valence-corrected chi connectivity index (χ4v) is 2.16. The lowest BCUT2D eigenvalue weighted by molar-refractivity contribution is -0.139. The Balaban J connectivity index is 2.58. The van der Waals surface area contributed by atoms with Gasteiger partial charge in [-0.2, -0.15) is 0 Å². The SMILES string of the molecule is CC(C)(C)C1=CCN(C(=O)NC(CCO)C(=O)O)CC1. The van der Waals surface area contributed by atoms with Crippen LogP contribution in [0.5, 0.6) is 0 Å². The number of aliphatic hydroxyl groups is 1. The predicted octanol–water partition coefficient (Wildman–Crippen LogP) is 1.21. The molecule has 2 amide bonds. The van der Waals surface area contributed by atoms with E-state index in [0.717, 1.165) is 6.42 Å². The van der Waals surface area contributed by atoms with E-state index in [0.29, 0.717) is 13.1 Å². The summed E-state index contributed by atoms with van der Waals surface area (Å²) in [6, 6.07) is -1.43. The van der Waals surface area contributed by atoms with Crippen LogP contribution in [-0.2, 0) is 4.79 Å². The van der Waals surface area contributed by atoms with Gasteiger partial charge in [-0.15, -0.1) is 0 Å². The minimum atomic E-state index is -1.13. The van der Waals surface area contributed by atoms with E-state index in [-0.39, 0.29) is 18.4 Å². The van der Waals surface area contributed by atoms with Gasteiger partial charge < -0.3 is 20.4 Å². The van der Waals surface area contributed by atoms with E-state index >= 15 is 0 Å². The number of carboxylic acid groups (broad SMARTS) is 1. The second-order valence-corrected chi connectivity index (χ2v) is 6.03. The van der Waals surface area contributed by atoms with Crippen LogP contribution in [0.1, 0.15) is 33.6 Å². The second-order valence-electron chi connectivity index (χ2n) is 6.03. The third kappa shape index (κ3) is 4.52. The highest BCUT2D eigenvalue weighted by atomic mass is 16.4. The molecular formula is C14H24N2O4. The summed E-state index contributed by atoms with van der Waals surface area (Å²) in [6.07, 6.45) is 2.84. The van der Waals surface area contributed by atoms with Gasteiger partial charge in [-0.05, 0) is 11.8 Å². The van der Waals surface area contributed by atoms with Crippen LogP contribution < -0.4 is 5.32 Å². The van der Waals surface area contributed by atoms with Gasteiger partial charge in [-0.25, -0.2) is 9.59 Å². The summed E-state index contributed by atoms with van der Waals surface area (Å²) in [4.78, 5) is 24.5. The first kappa shape index (κ1) is 16.5. The molecule has 0 fully saturated rings. The summed E-state index contributed by atoms with van der Waals surface area (Å²) in [6.45, 7) is 7.21. The normalized spacial score (nSPS) is 17.4. The van der Waals surface area contributed by atoms with E-state index in [1.807, 2.05) is 6.08 Å². The third-order valence-electron chi connectivity index (χ3n) is 3.47. The highest BCUT2D eigenvalue weighted by molar-refractivity contribution is 5.82. The number of amides is 2. The number of aliphatic hydroxyl groups excluding tert-OH is 1. The summed E-state index contributed by atoms with van der Waals surface area (Å²) in [5.41, 5.74) is 1.41. The second kappa shape index (κ2) is 6.74. The van der Waals surface area contributed by atoms with Gasteiger partial charge in [0.15, 0.2) is 0 Å². The molecule has 6 nitrogen and oxygen atoms in total. The molecule has 0 saturated carbocycles. The topological polar surface area (TPSA) is 89.9 Å². The molecule has 1 unspecified atom stereocenters. The number of carbonyl (C=O) groups excluding carboxylic acids is 1. The Kier molecular flexibility index (Phi) is 5.56. The molecule has 0 spiro atoms. The highest BCUT2D eigenvalue weighted by Gasteiger charge is 2.26. The van der Waals surface area contributed by atoms with Crippen molar-refractivity contribution in [3.05, 3.63) is 11.6 Å². The van der Waals surface area contributed by atoms with Gasteiger partial charge in [0.25, 0.3) is 0 Å². The van der Waals surface area contributed by atoms with Crippen LogP contribution in [0.2, 0.25) is 0 Å². The fraction of sp³-hybridized carbons (Fsp3) is 0.714. The van der Waals surface area contributed by atoms with Crippen LogP contribution in [0.4, 0.5) is 4.79 Å². The van der Waals surface area contributed by atoms with Crippen LogP contribution in [0.3, 0.4) is 0 Å². The highest BCUT2D eigenvalue weighted by Crippen LogP contribution is 2.29. The Labute approximate surface area is 119 Å². The molecule has 1 rings (SSSR count). The molecule has 0 aromatic carbocycles. The van der Waals surface area contributed by atoms with Gasteiger partial charge in [-0.1, -0.05) is 32.4 Å². The molecular weight excluding hydrogens is 260 g/mol. The van der Waals surface area contributed by atoms with Crippen molar-refractivity contribution in [2.24, 2.45) is 5.41 Å². The van der Waals surface area contributed by atoms with Crippen molar-refractivity contribution < 1.29 is 19.8 Å². The monoisotopic (exact) mass is 284 g/mol. The number of urea groups is 1. The van der Waals surface area contributed by atoms with E-state index in [9.17, 15) is 9.59 Å². The number of carbonyl (C=O) groups is 2. The summed E-state index contributed by atoms with van der Waals surface area (Å²) >= 11 is 0. The third-order valence-corrected chi connectivity index (χ3v) is 3.47. The zero-order valence-electron chi connectivity index (χ0n) is 12.3. The Morgan fingerprint density at radius 1 is 1.45 bits per heavy atom. The van der Waals surface area contributed by atoms with Gasteiger partial charge >= 0.3 is 12.0 Å². The zero-order valence-corrected chi connectivity index (χ0v) is 12.3. The Morgan fingerprint density at radius 3 is 2.50 bits per heavy atom. The smallest absolute Gasteiger partial charge is 0.326 e. The van der Waals surface area contributed by atoms with Crippen molar-refractivity contribution in [2.45, 2.75) is 39.7 Å². The Hall–Kier alpha value is -1.56. The van der Waals surface area contributed by atoms with E-state index in [1.54, 1.807) is 4.90 Å². The Morgan fingerprint density at radius 2 is 2.10 bits per heavy atom. The first-order valence-corrected chi connectivity index (χ1v) is 6.84. The van der Waals surface area contributed by atoms with Crippen molar-refractivity contribution >= 4 is 12.0 Å². The van der Waals surface area contributed by atoms with Crippen molar-refractivity contribution in [1.82, 2.24) is 10.2 Å². The van der Waals surface area contributed by atoms with Crippen molar-refractivity contribution in [2.75, 3.05) is 19.7 Å². The number of aliphatic carboxylic acids is 1. The van der Waals surface area contributed by atoms with Gasteiger partial charge in [0, 0.05) is 26.1 Å². The summed E-state index contributed by atoms with van der Waals surface area (Å²) in [5, 5.41) is 20.2.